The SMILES string of the molecule is O=C1CC[C@@H](Nc2ccc(C3CN(C4CC(C(=O)O)C4)C3)c(F)c2)C(=O)N1. The van der Waals surface area contributed by atoms with Crippen LogP contribution in [0.5, 0.6) is 0 Å². The van der Waals surface area contributed by atoms with Gasteiger partial charge in [0, 0.05) is 37.2 Å². The van der Waals surface area contributed by atoms with Gasteiger partial charge in [-0.25, -0.2) is 4.39 Å². The Balaban J connectivity index is 1.31. The van der Waals surface area contributed by atoms with Crippen LogP contribution < -0.4 is 10.6 Å². The monoisotopic (exact) mass is 375 g/mol. The van der Waals surface area contributed by atoms with E-state index < -0.39 is 12.0 Å². The number of anilines is 1. The fourth-order valence-corrected chi connectivity index (χ4v) is 4.08. The van der Waals surface area contributed by atoms with Crippen molar-refractivity contribution in [3.8, 4) is 0 Å². The molecule has 3 N–H and O–H groups in total. The quantitative estimate of drug-likeness (QED) is 0.671. The van der Waals surface area contributed by atoms with Gasteiger partial charge in [-0.15, -0.1) is 0 Å². The summed E-state index contributed by atoms with van der Waals surface area (Å²) in [6, 6.07) is 4.67. The standard InChI is InChI=1S/C19H22FN3O4/c20-15-7-12(21-16-3-4-17(24)22-18(16)25)1-2-14(15)11-8-23(9-11)13-5-10(6-13)19(26)27/h1-2,7,10-11,13,16,21H,3-6,8-9H2,(H,26,27)(H,22,24,25)/t10?,13?,16-/m1/s1. The maximum atomic E-state index is 14.5. The van der Waals surface area contributed by atoms with Crippen LogP contribution in [0.15, 0.2) is 18.2 Å². The van der Waals surface area contributed by atoms with E-state index in [2.05, 4.69) is 15.5 Å². The van der Waals surface area contributed by atoms with Gasteiger partial charge in [0.1, 0.15) is 11.9 Å². The molecule has 27 heavy (non-hydrogen) atoms. The Kier molecular flexibility index (Phi) is 4.59. The van der Waals surface area contributed by atoms with Gasteiger partial charge < -0.3 is 10.4 Å². The number of halogens is 1. The number of carbonyl (C=O) groups excluding carboxylic acids is 2. The third kappa shape index (κ3) is 3.53. The molecular weight excluding hydrogens is 353 g/mol. The molecule has 1 atom stereocenters. The molecule has 3 fully saturated rings. The van der Waals surface area contributed by atoms with Gasteiger partial charge in [-0.05, 0) is 37.0 Å². The molecule has 0 spiro atoms. The third-order valence-corrected chi connectivity index (χ3v) is 5.91. The van der Waals surface area contributed by atoms with Crippen LogP contribution >= 0.6 is 0 Å². The predicted octanol–water partition coefficient (Wildman–Crippen LogP) is 1.31. The summed E-state index contributed by atoms with van der Waals surface area (Å²) in [7, 11) is 0. The number of carbonyl (C=O) groups is 3. The summed E-state index contributed by atoms with van der Waals surface area (Å²) in [6.45, 7) is 1.49. The Labute approximate surface area is 155 Å². The molecule has 4 rings (SSSR count). The van der Waals surface area contributed by atoms with Crippen LogP contribution in [-0.4, -0.2) is 53.0 Å². The van der Waals surface area contributed by atoms with E-state index in [1.54, 1.807) is 12.1 Å². The van der Waals surface area contributed by atoms with Crippen LogP contribution in [0, 0.1) is 11.7 Å². The molecule has 1 saturated carbocycles. The Hall–Kier alpha value is -2.48. The lowest BCUT2D eigenvalue weighted by molar-refractivity contribution is -0.148. The number of hydrogen-bond acceptors (Lipinski definition) is 5. The Morgan fingerprint density at radius 1 is 1.26 bits per heavy atom. The van der Waals surface area contributed by atoms with Gasteiger partial charge in [-0.1, -0.05) is 6.07 Å². The summed E-state index contributed by atoms with van der Waals surface area (Å²) < 4.78 is 14.5. The highest BCUT2D eigenvalue weighted by Gasteiger charge is 2.43. The number of carboxylic acids is 1. The Bertz CT molecular complexity index is 787. The number of carboxylic acid groups (broad SMARTS) is 1. The van der Waals surface area contributed by atoms with Crippen molar-refractivity contribution >= 4 is 23.5 Å². The van der Waals surface area contributed by atoms with Gasteiger partial charge in [-0.2, -0.15) is 0 Å². The van der Waals surface area contributed by atoms with E-state index in [0.717, 1.165) is 13.1 Å². The fraction of sp³-hybridized carbons (Fsp3) is 0.526. The van der Waals surface area contributed by atoms with Crippen LogP contribution in [0.3, 0.4) is 0 Å². The van der Waals surface area contributed by atoms with Crippen LogP contribution in [-0.2, 0) is 14.4 Å². The van der Waals surface area contributed by atoms with E-state index in [4.69, 9.17) is 5.11 Å². The number of aliphatic carboxylic acids is 1. The summed E-state index contributed by atoms with van der Waals surface area (Å²) in [5.74, 6) is -1.83. The first kappa shape index (κ1) is 17.9. The number of hydrogen-bond donors (Lipinski definition) is 3. The molecule has 1 aromatic rings. The maximum Gasteiger partial charge on any atom is 0.306 e. The molecule has 2 heterocycles. The highest BCUT2D eigenvalue weighted by molar-refractivity contribution is 6.01. The first-order valence-corrected chi connectivity index (χ1v) is 9.27. The molecule has 8 heteroatoms. The first-order chi connectivity index (χ1) is 12.9. The molecule has 2 amide bonds. The molecule has 1 aromatic carbocycles. The first-order valence-electron chi connectivity index (χ1n) is 9.27. The lowest BCUT2D eigenvalue weighted by Crippen LogP contribution is -2.56. The summed E-state index contributed by atoms with van der Waals surface area (Å²) >= 11 is 0. The summed E-state index contributed by atoms with van der Waals surface area (Å²) in [4.78, 5) is 36.1. The largest absolute Gasteiger partial charge is 0.481 e. The average molecular weight is 375 g/mol. The summed E-state index contributed by atoms with van der Waals surface area (Å²) in [6.07, 6.45) is 2.02. The molecule has 7 nitrogen and oxygen atoms in total. The molecule has 0 radical (unpaired) electrons. The molecule has 0 aromatic heterocycles. The average Bonchev–Trinajstić information content (AvgIpc) is 2.51. The number of imide groups is 1. The summed E-state index contributed by atoms with van der Waals surface area (Å²) in [5, 5.41) is 14.2. The lowest BCUT2D eigenvalue weighted by atomic mass is 9.76. The molecular formula is C19H22FN3O4. The molecule has 2 saturated heterocycles. The normalized spacial score (nSPS) is 28.9. The topological polar surface area (TPSA) is 98.7 Å². The zero-order valence-corrected chi connectivity index (χ0v) is 14.8. The molecule has 0 bridgehead atoms. The van der Waals surface area contributed by atoms with E-state index in [0.29, 0.717) is 36.6 Å². The zero-order chi connectivity index (χ0) is 19.1. The van der Waals surface area contributed by atoms with Crippen molar-refractivity contribution in [3.05, 3.63) is 29.6 Å². The van der Waals surface area contributed by atoms with E-state index in [9.17, 15) is 18.8 Å². The van der Waals surface area contributed by atoms with Gasteiger partial charge in [-0.3, -0.25) is 24.6 Å². The third-order valence-electron chi connectivity index (χ3n) is 5.91. The summed E-state index contributed by atoms with van der Waals surface area (Å²) in [5.41, 5.74) is 1.17. The van der Waals surface area contributed by atoms with Crippen LogP contribution in [0.1, 0.15) is 37.2 Å². The highest BCUT2D eigenvalue weighted by atomic mass is 19.1. The van der Waals surface area contributed by atoms with E-state index in [-0.39, 0.29) is 35.9 Å². The molecule has 1 aliphatic carbocycles. The Morgan fingerprint density at radius 3 is 2.63 bits per heavy atom. The van der Waals surface area contributed by atoms with E-state index >= 15 is 0 Å². The van der Waals surface area contributed by atoms with Crippen LogP contribution in [0.25, 0.3) is 0 Å². The minimum absolute atomic E-state index is 0.110. The van der Waals surface area contributed by atoms with Crippen molar-refractivity contribution in [2.45, 2.75) is 43.7 Å². The number of piperidine rings is 1. The Morgan fingerprint density at radius 2 is 2.00 bits per heavy atom. The second-order valence-electron chi connectivity index (χ2n) is 7.70. The van der Waals surface area contributed by atoms with Crippen molar-refractivity contribution < 1.29 is 23.9 Å². The van der Waals surface area contributed by atoms with Gasteiger partial charge in [0.15, 0.2) is 0 Å². The van der Waals surface area contributed by atoms with E-state index in [1.807, 2.05) is 0 Å². The van der Waals surface area contributed by atoms with E-state index in [1.165, 1.54) is 6.07 Å². The maximum absolute atomic E-state index is 14.5. The molecule has 3 aliphatic rings. The minimum Gasteiger partial charge on any atom is -0.481 e. The smallest absolute Gasteiger partial charge is 0.306 e. The second-order valence-corrected chi connectivity index (χ2v) is 7.70. The van der Waals surface area contributed by atoms with Gasteiger partial charge >= 0.3 is 5.97 Å². The van der Waals surface area contributed by atoms with Crippen LogP contribution in [0.2, 0.25) is 0 Å². The molecule has 144 valence electrons. The predicted molar refractivity (Wildman–Crippen MR) is 94.7 cm³/mol. The minimum atomic E-state index is -0.728. The zero-order valence-electron chi connectivity index (χ0n) is 14.8. The van der Waals surface area contributed by atoms with Gasteiger partial charge in [0.05, 0.1) is 5.92 Å². The number of rotatable bonds is 5. The highest BCUT2D eigenvalue weighted by Crippen LogP contribution is 2.39. The lowest BCUT2D eigenvalue weighted by Gasteiger charge is -2.50. The number of benzene rings is 1. The van der Waals surface area contributed by atoms with Crippen molar-refractivity contribution in [2.75, 3.05) is 18.4 Å². The van der Waals surface area contributed by atoms with Gasteiger partial charge in [0.2, 0.25) is 11.8 Å². The number of nitrogens with one attached hydrogen (secondary N) is 2. The molecule has 0 unspecified atom stereocenters. The second kappa shape index (κ2) is 6.92. The van der Waals surface area contributed by atoms with Crippen molar-refractivity contribution in [1.29, 1.82) is 0 Å². The number of likely N-dealkylation sites (tertiary alicyclic amines) is 1. The number of amides is 2. The van der Waals surface area contributed by atoms with Crippen LogP contribution in [0.4, 0.5) is 10.1 Å². The number of nitrogens with zero attached hydrogens (tertiary/aromatic N) is 1. The van der Waals surface area contributed by atoms with Crippen molar-refractivity contribution in [2.24, 2.45) is 5.92 Å². The van der Waals surface area contributed by atoms with Crippen molar-refractivity contribution in [3.63, 3.8) is 0 Å². The van der Waals surface area contributed by atoms with Gasteiger partial charge in [0.25, 0.3) is 0 Å². The molecule has 2 aliphatic heterocycles. The fourth-order valence-electron chi connectivity index (χ4n) is 4.08. The van der Waals surface area contributed by atoms with Crippen molar-refractivity contribution in [1.82, 2.24) is 10.2 Å².